The number of fused-ring (bicyclic) bond motifs is 1. The molecular weight excluding hydrogens is 558 g/mol. The van der Waals surface area contributed by atoms with Crippen molar-refractivity contribution in [2.24, 2.45) is 4.99 Å². The quantitative estimate of drug-likeness (QED) is 0.343. The van der Waals surface area contributed by atoms with Gasteiger partial charge in [0.05, 0.1) is 39.1 Å². The molecule has 0 unspecified atom stereocenters. The highest BCUT2D eigenvalue weighted by Gasteiger charge is 2.33. The maximum atomic E-state index is 13.6. The third-order valence-electron chi connectivity index (χ3n) is 5.18. The van der Waals surface area contributed by atoms with Gasteiger partial charge in [0.15, 0.2) is 4.80 Å². The predicted octanol–water partition coefficient (Wildman–Crippen LogP) is 3.55. The third kappa shape index (κ3) is 4.51. The van der Waals surface area contributed by atoms with Crippen molar-refractivity contribution in [1.29, 1.82) is 0 Å². The maximum absolute atomic E-state index is 13.6. The minimum Gasteiger partial charge on any atom is -0.496 e. The molecule has 0 saturated carbocycles. The summed E-state index contributed by atoms with van der Waals surface area (Å²) >= 11 is 3.41. The minimum absolute atomic E-state index is 0.187. The van der Waals surface area contributed by atoms with Crippen LogP contribution in [-0.2, 0) is 9.53 Å². The van der Waals surface area contributed by atoms with Gasteiger partial charge in [-0.25, -0.2) is 14.2 Å². The van der Waals surface area contributed by atoms with Crippen molar-refractivity contribution < 1.29 is 18.7 Å². The van der Waals surface area contributed by atoms with Crippen molar-refractivity contribution in [3.05, 3.63) is 93.9 Å². The Labute approximate surface area is 206 Å². The molecule has 0 N–H and O–H groups in total. The molecule has 3 aromatic rings. The largest absolute Gasteiger partial charge is 0.496 e. The summed E-state index contributed by atoms with van der Waals surface area (Å²) < 4.78 is 27.0. The Kier molecular flexibility index (Phi) is 6.80. The number of allylic oxidation sites excluding steroid dienone is 1. The minimum atomic E-state index is -0.765. The Morgan fingerprint density at radius 3 is 2.64 bits per heavy atom. The molecule has 1 aromatic heterocycles. The fraction of sp³-hybridized carbons (Fsp3) is 0.208. The number of carbonyl (C=O) groups is 1. The maximum Gasteiger partial charge on any atom is 0.338 e. The second kappa shape index (κ2) is 9.60. The first-order valence-electron chi connectivity index (χ1n) is 10.1. The molecule has 0 fully saturated rings. The van der Waals surface area contributed by atoms with Crippen LogP contribution in [0.25, 0.3) is 6.08 Å². The molecule has 4 rings (SSSR count). The fourth-order valence-electron chi connectivity index (χ4n) is 3.68. The number of benzene rings is 2. The predicted molar refractivity (Wildman–Crippen MR) is 133 cm³/mol. The zero-order valence-electron chi connectivity index (χ0n) is 18.1. The monoisotopic (exact) mass is 578 g/mol. The summed E-state index contributed by atoms with van der Waals surface area (Å²) in [6.07, 6.45) is 1.79. The van der Waals surface area contributed by atoms with Gasteiger partial charge in [-0.15, -0.1) is 0 Å². The van der Waals surface area contributed by atoms with E-state index in [-0.39, 0.29) is 17.7 Å². The summed E-state index contributed by atoms with van der Waals surface area (Å²) in [7, 11) is 1.61. The molecule has 2 heterocycles. The van der Waals surface area contributed by atoms with Gasteiger partial charge in [0, 0.05) is 0 Å². The van der Waals surface area contributed by atoms with Crippen molar-refractivity contribution in [3.8, 4) is 5.75 Å². The number of nitrogens with zero attached hydrogens (tertiary/aromatic N) is 2. The molecule has 170 valence electrons. The molecule has 33 heavy (non-hydrogen) atoms. The van der Waals surface area contributed by atoms with Gasteiger partial charge in [0.2, 0.25) is 0 Å². The smallest absolute Gasteiger partial charge is 0.338 e. The number of hydrogen-bond acceptors (Lipinski definition) is 6. The number of methoxy groups -OCH3 is 1. The molecule has 0 radical (unpaired) electrons. The number of rotatable bonds is 5. The van der Waals surface area contributed by atoms with E-state index in [1.165, 1.54) is 28.0 Å². The number of carbonyl (C=O) groups excluding carboxylic acids is 1. The van der Waals surface area contributed by atoms with Crippen molar-refractivity contribution in [2.45, 2.75) is 19.9 Å². The van der Waals surface area contributed by atoms with Crippen LogP contribution in [0.2, 0.25) is 0 Å². The SMILES string of the molecule is CCOC(=O)C1=C(C)N=c2s/c(=C/c3ccc(OC)c(I)c3)c(=O)n2[C@H]1c1ccc(F)cc1. The highest BCUT2D eigenvalue weighted by atomic mass is 127. The third-order valence-corrected chi connectivity index (χ3v) is 7.00. The highest BCUT2D eigenvalue weighted by molar-refractivity contribution is 14.1. The van der Waals surface area contributed by atoms with E-state index in [0.717, 1.165) is 14.9 Å². The van der Waals surface area contributed by atoms with E-state index >= 15 is 0 Å². The lowest BCUT2D eigenvalue weighted by atomic mass is 9.96. The van der Waals surface area contributed by atoms with Gasteiger partial charge in [-0.1, -0.05) is 29.5 Å². The number of ether oxygens (including phenoxy) is 2. The summed E-state index contributed by atoms with van der Waals surface area (Å²) in [5.74, 6) is -0.203. The summed E-state index contributed by atoms with van der Waals surface area (Å²) in [6, 6.07) is 10.6. The zero-order valence-corrected chi connectivity index (χ0v) is 21.1. The number of thiazole rings is 1. The van der Waals surface area contributed by atoms with E-state index in [1.807, 2.05) is 18.2 Å². The van der Waals surface area contributed by atoms with Crippen LogP contribution in [-0.4, -0.2) is 24.3 Å². The molecule has 1 aliphatic rings. The molecule has 0 bridgehead atoms. The molecule has 0 aliphatic carbocycles. The Morgan fingerprint density at radius 2 is 2.00 bits per heavy atom. The molecule has 1 atom stereocenters. The van der Waals surface area contributed by atoms with Crippen molar-refractivity contribution in [2.75, 3.05) is 13.7 Å². The Morgan fingerprint density at radius 1 is 1.27 bits per heavy atom. The van der Waals surface area contributed by atoms with Crippen molar-refractivity contribution >= 4 is 46.0 Å². The van der Waals surface area contributed by atoms with Gasteiger partial charge < -0.3 is 9.47 Å². The van der Waals surface area contributed by atoms with E-state index in [4.69, 9.17) is 9.47 Å². The Balaban J connectivity index is 1.93. The number of esters is 1. The van der Waals surface area contributed by atoms with Gasteiger partial charge >= 0.3 is 5.97 Å². The Bertz CT molecular complexity index is 1440. The molecule has 9 heteroatoms. The van der Waals surface area contributed by atoms with Crippen LogP contribution >= 0.6 is 33.9 Å². The number of halogens is 2. The van der Waals surface area contributed by atoms with E-state index < -0.39 is 17.8 Å². The average molecular weight is 578 g/mol. The van der Waals surface area contributed by atoms with E-state index in [2.05, 4.69) is 27.6 Å². The highest BCUT2D eigenvalue weighted by Crippen LogP contribution is 2.30. The second-order valence-electron chi connectivity index (χ2n) is 7.25. The molecule has 1 aliphatic heterocycles. The van der Waals surface area contributed by atoms with Gasteiger partial charge in [0.1, 0.15) is 11.6 Å². The zero-order chi connectivity index (χ0) is 23.7. The number of hydrogen-bond donors (Lipinski definition) is 0. The average Bonchev–Trinajstić information content (AvgIpc) is 3.08. The van der Waals surface area contributed by atoms with Crippen LogP contribution in [0.1, 0.15) is 31.0 Å². The lowest BCUT2D eigenvalue weighted by molar-refractivity contribution is -0.139. The van der Waals surface area contributed by atoms with E-state index in [1.54, 1.807) is 39.2 Å². The normalized spacial score (nSPS) is 15.8. The van der Waals surface area contributed by atoms with Gasteiger partial charge in [0.25, 0.3) is 5.56 Å². The fourth-order valence-corrected chi connectivity index (χ4v) is 5.48. The first-order chi connectivity index (χ1) is 15.8. The van der Waals surface area contributed by atoms with Crippen LogP contribution in [0.3, 0.4) is 0 Å². The first-order valence-corrected chi connectivity index (χ1v) is 12.0. The molecule has 0 saturated heterocycles. The summed E-state index contributed by atoms with van der Waals surface area (Å²) in [5, 5.41) is 0. The van der Waals surface area contributed by atoms with Crippen LogP contribution in [0.5, 0.6) is 5.75 Å². The summed E-state index contributed by atoms with van der Waals surface area (Å²) in [5.41, 5.74) is 1.88. The van der Waals surface area contributed by atoms with E-state index in [0.29, 0.717) is 20.6 Å². The molecule has 0 spiro atoms. The topological polar surface area (TPSA) is 69.9 Å². The second-order valence-corrected chi connectivity index (χ2v) is 9.42. The Hall–Kier alpha value is -2.79. The van der Waals surface area contributed by atoms with Crippen LogP contribution in [0.4, 0.5) is 4.39 Å². The van der Waals surface area contributed by atoms with Crippen LogP contribution < -0.4 is 19.6 Å². The molecule has 2 aromatic carbocycles. The van der Waals surface area contributed by atoms with Gasteiger partial charge in [-0.05, 0) is 77.9 Å². The van der Waals surface area contributed by atoms with Crippen LogP contribution in [0.15, 0.2) is 63.5 Å². The first kappa shape index (κ1) is 23.4. The summed E-state index contributed by atoms with van der Waals surface area (Å²) in [6.45, 7) is 3.62. The van der Waals surface area contributed by atoms with Crippen molar-refractivity contribution in [1.82, 2.24) is 4.57 Å². The van der Waals surface area contributed by atoms with Gasteiger partial charge in [-0.2, -0.15) is 0 Å². The molecule has 6 nitrogen and oxygen atoms in total. The molecular formula is C24H20FIN2O4S. The lowest BCUT2D eigenvalue weighted by Crippen LogP contribution is -2.39. The molecule has 0 amide bonds. The van der Waals surface area contributed by atoms with Gasteiger partial charge in [-0.3, -0.25) is 9.36 Å². The number of aromatic nitrogens is 1. The van der Waals surface area contributed by atoms with E-state index in [9.17, 15) is 14.0 Å². The van der Waals surface area contributed by atoms with Crippen molar-refractivity contribution in [3.63, 3.8) is 0 Å². The van der Waals surface area contributed by atoms with Crippen LogP contribution in [0, 0.1) is 9.39 Å². The lowest BCUT2D eigenvalue weighted by Gasteiger charge is -2.24. The standard InChI is InChI=1S/C24H20FIN2O4S/c1-4-32-23(30)20-13(2)27-24-28(21(20)15-6-8-16(25)9-7-15)22(29)19(33-24)12-14-5-10-18(31-3)17(26)11-14/h5-12,21H,4H2,1-3H3/b19-12+/t21-/m0/s1. The summed E-state index contributed by atoms with van der Waals surface area (Å²) in [4.78, 5) is 31.3.